The van der Waals surface area contributed by atoms with Gasteiger partial charge >= 0.3 is 0 Å². The molecule has 1 aromatic heterocycles. The van der Waals surface area contributed by atoms with Crippen LogP contribution >= 0.6 is 0 Å². The van der Waals surface area contributed by atoms with Gasteiger partial charge in [-0.1, -0.05) is 6.07 Å². The number of hydrogen-bond acceptors (Lipinski definition) is 6. The molecule has 7 heteroatoms. The third-order valence-electron chi connectivity index (χ3n) is 5.53. The first-order chi connectivity index (χ1) is 13.5. The number of aromatic nitrogens is 2. The van der Waals surface area contributed by atoms with Crippen LogP contribution in [0, 0.1) is 13.8 Å². The maximum atomic E-state index is 13.0. The average Bonchev–Trinajstić information content (AvgIpc) is 2.69. The molecule has 148 valence electrons. The van der Waals surface area contributed by atoms with Gasteiger partial charge in [0.05, 0.1) is 19.2 Å². The van der Waals surface area contributed by atoms with Crippen LogP contribution in [-0.2, 0) is 4.79 Å². The maximum Gasteiger partial charge on any atom is 0.263 e. The van der Waals surface area contributed by atoms with Crippen LogP contribution in [0.3, 0.4) is 0 Å². The number of carbonyl (C=O) groups is 1. The van der Waals surface area contributed by atoms with Gasteiger partial charge in [-0.05, 0) is 44.9 Å². The summed E-state index contributed by atoms with van der Waals surface area (Å²) in [7, 11) is 1.61. The quantitative estimate of drug-likeness (QED) is 0.791. The van der Waals surface area contributed by atoms with Crippen LogP contribution in [0.25, 0.3) is 0 Å². The topological polar surface area (TPSA) is 67.8 Å². The summed E-state index contributed by atoms with van der Waals surface area (Å²) < 4.78 is 11.3. The molecule has 3 fully saturated rings. The Hall–Kier alpha value is -2.83. The van der Waals surface area contributed by atoms with Crippen LogP contribution in [0.5, 0.6) is 11.5 Å². The van der Waals surface area contributed by atoms with E-state index in [1.165, 1.54) is 0 Å². The summed E-state index contributed by atoms with van der Waals surface area (Å²) in [6.07, 6.45) is 2.07. The zero-order valence-electron chi connectivity index (χ0n) is 16.8. The van der Waals surface area contributed by atoms with Crippen molar-refractivity contribution in [2.24, 2.45) is 0 Å². The Morgan fingerprint density at radius 3 is 2.57 bits per heavy atom. The van der Waals surface area contributed by atoms with E-state index in [-0.39, 0.29) is 18.0 Å². The van der Waals surface area contributed by atoms with Crippen molar-refractivity contribution in [3.8, 4) is 11.5 Å². The van der Waals surface area contributed by atoms with E-state index in [1.807, 2.05) is 43.0 Å². The van der Waals surface area contributed by atoms with E-state index >= 15 is 0 Å². The maximum absolute atomic E-state index is 13.0. The Morgan fingerprint density at radius 1 is 1.14 bits per heavy atom. The Bertz CT molecular complexity index is 876. The Labute approximate surface area is 165 Å². The second kappa shape index (κ2) is 7.30. The van der Waals surface area contributed by atoms with E-state index in [0.29, 0.717) is 11.5 Å². The number of nitrogens with zero attached hydrogens (tertiary/aromatic N) is 4. The van der Waals surface area contributed by atoms with Gasteiger partial charge in [0.25, 0.3) is 5.91 Å². The molecule has 7 nitrogen and oxygen atoms in total. The van der Waals surface area contributed by atoms with Crippen molar-refractivity contribution in [3.05, 3.63) is 41.9 Å². The van der Waals surface area contributed by atoms with Crippen LogP contribution in [-0.4, -0.2) is 59.2 Å². The normalized spacial score (nSPS) is 21.7. The highest BCUT2D eigenvalue weighted by Crippen LogP contribution is 2.35. The largest absolute Gasteiger partial charge is 0.493 e. The van der Waals surface area contributed by atoms with Gasteiger partial charge in [0.2, 0.25) is 0 Å². The minimum Gasteiger partial charge on any atom is -0.493 e. The molecule has 3 atom stereocenters. The highest BCUT2D eigenvalue weighted by Gasteiger charge is 2.48. The first-order valence-electron chi connectivity index (χ1n) is 9.63. The van der Waals surface area contributed by atoms with E-state index < -0.39 is 6.10 Å². The fourth-order valence-corrected chi connectivity index (χ4v) is 4.09. The van der Waals surface area contributed by atoms with Gasteiger partial charge in [-0.2, -0.15) is 0 Å². The van der Waals surface area contributed by atoms with Crippen molar-refractivity contribution >= 4 is 11.7 Å². The van der Waals surface area contributed by atoms with E-state index in [9.17, 15) is 4.79 Å². The number of piperazine rings is 1. The molecule has 28 heavy (non-hydrogen) atoms. The molecule has 3 saturated heterocycles. The Balaban J connectivity index is 1.41. The van der Waals surface area contributed by atoms with Crippen LogP contribution < -0.4 is 14.4 Å². The van der Waals surface area contributed by atoms with Crippen molar-refractivity contribution in [3.63, 3.8) is 0 Å². The number of aryl methyl sites for hydroxylation is 2. The average molecular weight is 382 g/mol. The monoisotopic (exact) mass is 382 g/mol. The van der Waals surface area contributed by atoms with Gasteiger partial charge in [-0.15, -0.1) is 0 Å². The number of methoxy groups -OCH3 is 1. The SMILES string of the molecule is COc1cc(C)ccc1OC(C)C(=O)N1C2CC1CN(c1cc(C)ncn1)C2. The number of carbonyl (C=O) groups excluding carboxylic acids is 1. The van der Waals surface area contributed by atoms with Gasteiger partial charge in [0, 0.05) is 24.8 Å². The number of fused-ring (bicyclic) bond motifs is 2. The molecule has 5 rings (SSSR count). The van der Waals surface area contributed by atoms with Crippen molar-refractivity contribution in [1.29, 1.82) is 0 Å². The number of anilines is 1. The summed E-state index contributed by atoms with van der Waals surface area (Å²) in [6.45, 7) is 7.34. The highest BCUT2D eigenvalue weighted by atomic mass is 16.5. The van der Waals surface area contributed by atoms with Gasteiger partial charge < -0.3 is 19.3 Å². The molecule has 1 aromatic carbocycles. The van der Waals surface area contributed by atoms with Crippen molar-refractivity contribution in [2.75, 3.05) is 25.1 Å². The highest BCUT2D eigenvalue weighted by molar-refractivity contribution is 5.83. The summed E-state index contributed by atoms with van der Waals surface area (Å²) in [6, 6.07) is 8.11. The molecule has 0 N–H and O–H groups in total. The molecule has 0 radical (unpaired) electrons. The molecule has 3 aliphatic rings. The lowest BCUT2D eigenvalue weighted by atomic mass is 9.86. The van der Waals surface area contributed by atoms with Crippen LogP contribution in [0.1, 0.15) is 24.6 Å². The van der Waals surface area contributed by atoms with Crippen LogP contribution in [0.4, 0.5) is 5.82 Å². The molecule has 0 spiro atoms. The van der Waals surface area contributed by atoms with E-state index in [4.69, 9.17) is 9.47 Å². The second-order valence-electron chi connectivity index (χ2n) is 7.63. The standard InChI is InChI=1S/C21H26N4O3/c1-13-5-6-18(19(7-13)27-4)28-15(3)21(26)25-16-9-17(25)11-24(10-16)20-8-14(2)22-12-23-20/h5-8,12,15-17H,9-11H2,1-4H3. The van der Waals surface area contributed by atoms with Gasteiger partial charge in [-0.25, -0.2) is 9.97 Å². The summed E-state index contributed by atoms with van der Waals surface area (Å²) in [5.41, 5.74) is 2.03. The predicted molar refractivity (Wildman–Crippen MR) is 106 cm³/mol. The van der Waals surface area contributed by atoms with Gasteiger partial charge in [-0.3, -0.25) is 4.79 Å². The van der Waals surface area contributed by atoms with Crippen LogP contribution in [0.2, 0.25) is 0 Å². The number of rotatable bonds is 5. The zero-order valence-corrected chi connectivity index (χ0v) is 16.8. The predicted octanol–water partition coefficient (Wildman–Crippen LogP) is 2.36. The smallest absolute Gasteiger partial charge is 0.263 e. The molecular formula is C21H26N4O3. The molecule has 2 aromatic rings. The van der Waals surface area contributed by atoms with E-state index in [0.717, 1.165) is 36.6 Å². The van der Waals surface area contributed by atoms with Crippen molar-refractivity contribution < 1.29 is 14.3 Å². The lowest BCUT2D eigenvalue weighted by Crippen LogP contribution is -2.71. The Morgan fingerprint density at radius 2 is 1.89 bits per heavy atom. The molecule has 0 saturated carbocycles. The first-order valence-corrected chi connectivity index (χ1v) is 9.63. The molecule has 1 amide bonds. The lowest BCUT2D eigenvalue weighted by molar-refractivity contribution is -0.153. The first kappa shape index (κ1) is 18.5. The van der Waals surface area contributed by atoms with E-state index in [2.05, 4.69) is 14.9 Å². The third-order valence-corrected chi connectivity index (χ3v) is 5.53. The summed E-state index contributed by atoms with van der Waals surface area (Å²) >= 11 is 0. The number of ether oxygens (including phenoxy) is 2. The van der Waals surface area contributed by atoms with Crippen molar-refractivity contribution in [2.45, 2.75) is 45.4 Å². The fraction of sp³-hybridized carbons (Fsp3) is 0.476. The summed E-state index contributed by atoms with van der Waals surface area (Å²) in [5, 5.41) is 0. The molecule has 4 heterocycles. The summed E-state index contributed by atoms with van der Waals surface area (Å²) in [5.74, 6) is 2.21. The zero-order chi connectivity index (χ0) is 19.8. The molecule has 3 unspecified atom stereocenters. The molecular weight excluding hydrogens is 356 g/mol. The fourth-order valence-electron chi connectivity index (χ4n) is 4.09. The number of piperidine rings is 1. The molecule has 0 aliphatic carbocycles. The number of amides is 1. The van der Waals surface area contributed by atoms with Crippen molar-refractivity contribution in [1.82, 2.24) is 14.9 Å². The number of benzene rings is 1. The second-order valence-corrected chi connectivity index (χ2v) is 7.63. The van der Waals surface area contributed by atoms with Crippen LogP contribution in [0.15, 0.2) is 30.6 Å². The number of hydrogen-bond donors (Lipinski definition) is 0. The third kappa shape index (κ3) is 3.37. The molecule has 2 bridgehead atoms. The van der Waals surface area contributed by atoms with E-state index in [1.54, 1.807) is 20.4 Å². The Kier molecular flexibility index (Phi) is 4.83. The summed E-state index contributed by atoms with van der Waals surface area (Å²) in [4.78, 5) is 25.8. The minimum atomic E-state index is -0.560. The van der Waals surface area contributed by atoms with Gasteiger partial charge in [0.1, 0.15) is 12.1 Å². The molecule has 3 aliphatic heterocycles. The lowest BCUT2D eigenvalue weighted by Gasteiger charge is -2.56. The minimum absolute atomic E-state index is 0.0300. The van der Waals surface area contributed by atoms with Gasteiger partial charge in [0.15, 0.2) is 17.6 Å².